The predicted molar refractivity (Wildman–Crippen MR) is 88.4 cm³/mol. The van der Waals surface area contributed by atoms with Crippen molar-refractivity contribution >= 4 is 5.69 Å². The third kappa shape index (κ3) is 3.40. The van der Waals surface area contributed by atoms with E-state index in [-0.39, 0.29) is 0 Å². The van der Waals surface area contributed by atoms with Crippen LogP contribution in [0, 0.1) is 0 Å². The van der Waals surface area contributed by atoms with Crippen LogP contribution in [0.2, 0.25) is 0 Å². The number of nitrogens with one attached hydrogen (secondary N) is 1. The molecule has 0 saturated heterocycles. The van der Waals surface area contributed by atoms with Crippen LogP contribution in [0.25, 0.3) is 11.1 Å². The molecule has 0 heterocycles. The Balaban J connectivity index is 2.26. The van der Waals surface area contributed by atoms with E-state index in [2.05, 4.69) is 79.8 Å². The summed E-state index contributed by atoms with van der Waals surface area (Å²) < 4.78 is 0. The fourth-order valence-electron chi connectivity index (χ4n) is 2.38. The molecule has 0 bridgehead atoms. The highest BCUT2D eigenvalue weighted by Crippen LogP contribution is 2.29. The highest BCUT2D eigenvalue weighted by atomic mass is 15.1. The van der Waals surface area contributed by atoms with Gasteiger partial charge in [-0.05, 0) is 37.6 Å². The number of hydrogen-bond acceptors (Lipinski definition) is 2. The summed E-state index contributed by atoms with van der Waals surface area (Å²) in [6, 6.07) is 17.9. The number of likely N-dealkylation sites (N-methyl/N-ethyl adjacent to an activating group) is 1. The molecule has 0 aromatic heterocycles. The lowest BCUT2D eigenvalue weighted by molar-refractivity contribution is 0.608. The first-order valence-electron chi connectivity index (χ1n) is 7.14. The van der Waals surface area contributed by atoms with E-state index in [1.54, 1.807) is 0 Å². The van der Waals surface area contributed by atoms with Gasteiger partial charge in [0.2, 0.25) is 0 Å². The first-order chi connectivity index (χ1) is 9.61. The van der Waals surface area contributed by atoms with Crippen LogP contribution >= 0.6 is 0 Å². The van der Waals surface area contributed by atoms with Gasteiger partial charge in [0.25, 0.3) is 0 Å². The van der Waals surface area contributed by atoms with E-state index < -0.39 is 0 Å². The summed E-state index contributed by atoms with van der Waals surface area (Å²) in [6.45, 7) is 2.20. The number of nitrogens with zero attached hydrogens (tertiary/aromatic N) is 1. The molecular formula is C18H24N2. The molecule has 0 aliphatic heterocycles. The summed E-state index contributed by atoms with van der Waals surface area (Å²) in [7, 11) is 6.18. The summed E-state index contributed by atoms with van der Waals surface area (Å²) in [5, 5.41) is 3.28. The van der Waals surface area contributed by atoms with Crippen LogP contribution in [-0.4, -0.2) is 27.2 Å². The zero-order valence-electron chi connectivity index (χ0n) is 12.9. The minimum absolute atomic E-state index is 0.509. The van der Waals surface area contributed by atoms with Gasteiger partial charge in [0.15, 0.2) is 0 Å². The van der Waals surface area contributed by atoms with Gasteiger partial charge < -0.3 is 10.2 Å². The number of rotatable bonds is 5. The molecule has 0 amide bonds. The van der Waals surface area contributed by atoms with Crippen molar-refractivity contribution in [1.29, 1.82) is 0 Å². The van der Waals surface area contributed by atoms with E-state index in [4.69, 9.17) is 0 Å². The Morgan fingerprint density at radius 2 is 1.65 bits per heavy atom. The summed E-state index contributed by atoms with van der Waals surface area (Å²) in [4.78, 5) is 2.16. The Morgan fingerprint density at radius 1 is 1.00 bits per heavy atom. The fraction of sp³-hybridized carbons (Fsp3) is 0.333. The first kappa shape index (κ1) is 14.6. The molecule has 0 radical (unpaired) electrons. The number of anilines is 1. The van der Waals surface area contributed by atoms with E-state index >= 15 is 0 Å². The van der Waals surface area contributed by atoms with Gasteiger partial charge in [-0.1, -0.05) is 42.5 Å². The Hall–Kier alpha value is -1.80. The standard InChI is InChI=1S/C18H24N2/c1-14(19-2)13-15-9-11-16(12-10-15)17-7-5-6-8-18(17)20(3)4/h5-12,14,19H,13H2,1-4H3. The zero-order chi connectivity index (χ0) is 14.5. The van der Waals surface area contributed by atoms with Crippen molar-refractivity contribution in [2.24, 2.45) is 0 Å². The second-order valence-corrected chi connectivity index (χ2v) is 5.50. The lowest BCUT2D eigenvalue weighted by Gasteiger charge is -2.18. The summed E-state index contributed by atoms with van der Waals surface area (Å²) in [5.41, 5.74) is 5.18. The molecule has 0 aliphatic rings. The van der Waals surface area contributed by atoms with Gasteiger partial charge in [-0.15, -0.1) is 0 Å². The highest BCUT2D eigenvalue weighted by molar-refractivity contribution is 5.78. The minimum Gasteiger partial charge on any atom is -0.377 e. The molecule has 0 aliphatic carbocycles. The fourth-order valence-corrected chi connectivity index (χ4v) is 2.38. The van der Waals surface area contributed by atoms with Crippen molar-refractivity contribution in [2.45, 2.75) is 19.4 Å². The molecule has 0 fully saturated rings. The lowest BCUT2D eigenvalue weighted by atomic mass is 9.99. The molecule has 20 heavy (non-hydrogen) atoms. The lowest BCUT2D eigenvalue weighted by Crippen LogP contribution is -2.23. The second-order valence-electron chi connectivity index (χ2n) is 5.50. The average Bonchev–Trinajstić information content (AvgIpc) is 2.48. The van der Waals surface area contributed by atoms with Crippen LogP contribution in [0.15, 0.2) is 48.5 Å². The Morgan fingerprint density at radius 3 is 2.25 bits per heavy atom. The van der Waals surface area contributed by atoms with Crippen LogP contribution in [0.3, 0.4) is 0 Å². The maximum absolute atomic E-state index is 3.28. The van der Waals surface area contributed by atoms with Crippen molar-refractivity contribution < 1.29 is 0 Å². The largest absolute Gasteiger partial charge is 0.377 e. The zero-order valence-corrected chi connectivity index (χ0v) is 12.9. The number of para-hydroxylation sites is 1. The molecular weight excluding hydrogens is 244 g/mol. The Kier molecular flexibility index (Phi) is 4.80. The smallest absolute Gasteiger partial charge is 0.0440 e. The Bertz CT molecular complexity index is 544. The van der Waals surface area contributed by atoms with E-state index in [1.807, 2.05) is 7.05 Å². The minimum atomic E-state index is 0.509. The van der Waals surface area contributed by atoms with Crippen molar-refractivity contribution in [3.05, 3.63) is 54.1 Å². The monoisotopic (exact) mass is 268 g/mol. The molecule has 1 atom stereocenters. The van der Waals surface area contributed by atoms with Gasteiger partial charge in [0.1, 0.15) is 0 Å². The van der Waals surface area contributed by atoms with E-state index in [0.29, 0.717) is 6.04 Å². The topological polar surface area (TPSA) is 15.3 Å². The van der Waals surface area contributed by atoms with Crippen LogP contribution < -0.4 is 10.2 Å². The van der Waals surface area contributed by atoms with Crippen LogP contribution in [0.4, 0.5) is 5.69 Å². The summed E-state index contributed by atoms with van der Waals surface area (Å²) in [6.07, 6.45) is 1.06. The van der Waals surface area contributed by atoms with E-state index in [1.165, 1.54) is 22.4 Å². The van der Waals surface area contributed by atoms with Crippen molar-refractivity contribution in [1.82, 2.24) is 5.32 Å². The molecule has 1 unspecified atom stereocenters. The summed E-state index contributed by atoms with van der Waals surface area (Å²) in [5.74, 6) is 0. The van der Waals surface area contributed by atoms with Crippen LogP contribution in [0.5, 0.6) is 0 Å². The van der Waals surface area contributed by atoms with Gasteiger partial charge >= 0.3 is 0 Å². The molecule has 2 aromatic carbocycles. The van der Waals surface area contributed by atoms with Crippen molar-refractivity contribution in [2.75, 3.05) is 26.0 Å². The third-order valence-corrected chi connectivity index (χ3v) is 3.69. The quantitative estimate of drug-likeness (QED) is 0.892. The molecule has 2 aromatic rings. The first-order valence-corrected chi connectivity index (χ1v) is 7.14. The second kappa shape index (κ2) is 6.58. The van der Waals surface area contributed by atoms with Gasteiger partial charge in [-0.2, -0.15) is 0 Å². The van der Waals surface area contributed by atoms with Gasteiger partial charge in [0.05, 0.1) is 0 Å². The third-order valence-electron chi connectivity index (χ3n) is 3.69. The van der Waals surface area contributed by atoms with Crippen LogP contribution in [0.1, 0.15) is 12.5 Å². The predicted octanol–water partition coefficient (Wildman–Crippen LogP) is 3.57. The molecule has 2 heteroatoms. The van der Waals surface area contributed by atoms with Crippen molar-refractivity contribution in [3.8, 4) is 11.1 Å². The molecule has 0 saturated carbocycles. The SMILES string of the molecule is CNC(C)Cc1ccc(-c2ccccc2N(C)C)cc1. The van der Waals surface area contributed by atoms with Crippen LogP contribution in [-0.2, 0) is 6.42 Å². The normalized spacial score (nSPS) is 12.2. The molecule has 2 nitrogen and oxygen atoms in total. The molecule has 2 rings (SSSR count). The highest BCUT2D eigenvalue weighted by Gasteiger charge is 2.06. The molecule has 0 spiro atoms. The maximum Gasteiger partial charge on any atom is 0.0440 e. The van der Waals surface area contributed by atoms with Crippen molar-refractivity contribution in [3.63, 3.8) is 0 Å². The maximum atomic E-state index is 3.28. The molecule has 106 valence electrons. The van der Waals surface area contributed by atoms with Gasteiger partial charge in [0, 0.05) is 31.4 Å². The number of hydrogen-bond donors (Lipinski definition) is 1. The molecule has 1 N–H and O–H groups in total. The number of benzene rings is 2. The summed E-state index contributed by atoms with van der Waals surface area (Å²) >= 11 is 0. The van der Waals surface area contributed by atoms with E-state index in [0.717, 1.165) is 6.42 Å². The Labute approximate surface area is 122 Å². The van der Waals surface area contributed by atoms with Gasteiger partial charge in [-0.3, -0.25) is 0 Å². The average molecular weight is 268 g/mol. The van der Waals surface area contributed by atoms with E-state index in [9.17, 15) is 0 Å². The van der Waals surface area contributed by atoms with Gasteiger partial charge in [-0.25, -0.2) is 0 Å².